The molecule has 1 aliphatic heterocycles. The number of nitrogens with zero attached hydrogens (tertiary/aromatic N) is 3. The van der Waals surface area contributed by atoms with Gasteiger partial charge in [-0.1, -0.05) is 18.7 Å². The third-order valence-corrected chi connectivity index (χ3v) is 4.62. The Hall–Kier alpha value is -1.48. The summed E-state index contributed by atoms with van der Waals surface area (Å²) in [6.45, 7) is 15.2. The van der Waals surface area contributed by atoms with Crippen LogP contribution in [0.5, 0.6) is 0 Å². The number of benzene rings is 1. The summed E-state index contributed by atoms with van der Waals surface area (Å²) in [5.74, 6) is 0. The first-order chi connectivity index (χ1) is 9.73. The van der Waals surface area contributed by atoms with Crippen LogP contribution in [0, 0.1) is 0 Å². The Kier molecular flexibility index (Phi) is 4.33. The van der Waals surface area contributed by atoms with Crippen LogP contribution < -0.4 is 4.90 Å². The minimum Gasteiger partial charge on any atom is -0.378 e. The van der Waals surface area contributed by atoms with E-state index in [4.69, 9.17) is 0 Å². The molecule has 1 saturated heterocycles. The first-order valence-corrected chi connectivity index (χ1v) is 7.71. The van der Waals surface area contributed by atoms with Gasteiger partial charge in [-0.3, -0.25) is 4.90 Å². The van der Waals surface area contributed by atoms with Gasteiger partial charge in [0, 0.05) is 38.1 Å². The zero-order chi connectivity index (χ0) is 15.8. The molecule has 116 valence electrons. The number of hydrogen-bond acceptors (Lipinski definition) is 3. The lowest BCUT2D eigenvalue weighted by atomic mass is 10.00. The molecule has 1 aliphatic rings. The van der Waals surface area contributed by atoms with E-state index in [0.717, 1.165) is 13.2 Å². The van der Waals surface area contributed by atoms with Crippen LogP contribution in [0.15, 0.2) is 36.5 Å². The van der Waals surface area contributed by atoms with Gasteiger partial charge in [-0.05, 0) is 45.4 Å². The minimum absolute atomic E-state index is 0.0183. The third-order valence-electron chi connectivity index (χ3n) is 4.62. The molecule has 1 fully saturated rings. The van der Waals surface area contributed by atoms with Gasteiger partial charge in [-0.25, -0.2) is 0 Å². The second-order valence-corrected chi connectivity index (χ2v) is 6.97. The predicted molar refractivity (Wildman–Crippen MR) is 91.4 cm³/mol. The van der Waals surface area contributed by atoms with E-state index in [-0.39, 0.29) is 5.54 Å². The first-order valence-electron chi connectivity index (χ1n) is 7.71. The van der Waals surface area contributed by atoms with Crippen LogP contribution in [-0.2, 0) is 6.54 Å². The number of anilines is 1. The molecule has 21 heavy (non-hydrogen) atoms. The van der Waals surface area contributed by atoms with Gasteiger partial charge in [0.05, 0.1) is 12.2 Å². The van der Waals surface area contributed by atoms with Gasteiger partial charge >= 0.3 is 0 Å². The maximum atomic E-state index is 4.32. The lowest BCUT2D eigenvalue weighted by molar-refractivity contribution is 0.160. The van der Waals surface area contributed by atoms with Crippen LogP contribution in [0.3, 0.4) is 0 Å². The molecule has 0 N–H and O–H groups in total. The van der Waals surface area contributed by atoms with E-state index >= 15 is 0 Å². The Labute approximate surface area is 129 Å². The summed E-state index contributed by atoms with van der Waals surface area (Å²) < 4.78 is 0. The lowest BCUT2D eigenvalue weighted by Gasteiger charge is -2.30. The Balaban J connectivity index is 2.13. The van der Waals surface area contributed by atoms with Crippen molar-refractivity contribution in [2.75, 3.05) is 25.7 Å². The quantitative estimate of drug-likeness (QED) is 0.839. The van der Waals surface area contributed by atoms with Crippen molar-refractivity contribution >= 4 is 5.69 Å². The fraction of sp³-hybridized carbons (Fsp3) is 0.556. The average molecular weight is 287 g/mol. The molecule has 0 spiro atoms. The van der Waals surface area contributed by atoms with Gasteiger partial charge in [-0.2, -0.15) is 0 Å². The molecule has 0 unspecified atom stereocenters. The highest BCUT2D eigenvalue weighted by molar-refractivity contribution is 5.46. The van der Waals surface area contributed by atoms with Gasteiger partial charge < -0.3 is 9.80 Å². The highest BCUT2D eigenvalue weighted by Gasteiger charge is 2.40. The van der Waals surface area contributed by atoms with Crippen LogP contribution in [-0.4, -0.2) is 42.1 Å². The first kappa shape index (κ1) is 15.9. The molecule has 2 rings (SSSR count). The summed E-state index contributed by atoms with van der Waals surface area (Å²) >= 11 is 0. The number of rotatable bonds is 4. The molecular formula is C18H29N3. The van der Waals surface area contributed by atoms with Crippen LogP contribution in [0.25, 0.3) is 0 Å². The van der Waals surface area contributed by atoms with Crippen molar-refractivity contribution in [3.63, 3.8) is 0 Å². The number of hydrogen-bond donors (Lipinski definition) is 0. The summed E-state index contributed by atoms with van der Waals surface area (Å²) in [6, 6.07) is 9.33. The molecular weight excluding hydrogens is 258 g/mol. The van der Waals surface area contributed by atoms with Crippen LogP contribution in [0.1, 0.15) is 33.3 Å². The minimum atomic E-state index is 0.0183. The molecule has 1 aromatic carbocycles. The van der Waals surface area contributed by atoms with Crippen molar-refractivity contribution in [2.24, 2.45) is 0 Å². The van der Waals surface area contributed by atoms with Gasteiger partial charge in [0.15, 0.2) is 0 Å². The monoisotopic (exact) mass is 287 g/mol. The van der Waals surface area contributed by atoms with E-state index in [9.17, 15) is 0 Å². The molecule has 0 atom stereocenters. The van der Waals surface area contributed by atoms with Crippen LogP contribution >= 0.6 is 0 Å². The summed E-state index contributed by atoms with van der Waals surface area (Å²) in [6.07, 6.45) is 0. The van der Waals surface area contributed by atoms with Crippen molar-refractivity contribution in [2.45, 2.75) is 45.8 Å². The van der Waals surface area contributed by atoms with Crippen molar-refractivity contribution in [1.82, 2.24) is 9.80 Å². The fourth-order valence-electron chi connectivity index (χ4n) is 2.82. The maximum Gasteiger partial charge on any atom is 0.0718 e. The molecule has 1 aromatic rings. The summed E-state index contributed by atoms with van der Waals surface area (Å²) in [7, 11) is 4.15. The molecule has 3 heteroatoms. The van der Waals surface area contributed by atoms with Gasteiger partial charge in [0.1, 0.15) is 0 Å². The maximum absolute atomic E-state index is 4.32. The zero-order valence-electron chi connectivity index (χ0n) is 14.3. The van der Waals surface area contributed by atoms with Gasteiger partial charge in [0.25, 0.3) is 0 Å². The molecule has 0 bridgehead atoms. The van der Waals surface area contributed by atoms with Gasteiger partial charge in [0.2, 0.25) is 0 Å². The van der Waals surface area contributed by atoms with Crippen molar-refractivity contribution < 1.29 is 0 Å². The Morgan fingerprint density at radius 1 is 1.19 bits per heavy atom. The van der Waals surface area contributed by atoms with Crippen molar-refractivity contribution in [3.8, 4) is 0 Å². The Morgan fingerprint density at radius 2 is 1.76 bits per heavy atom. The Morgan fingerprint density at radius 3 is 2.19 bits per heavy atom. The summed E-state index contributed by atoms with van der Waals surface area (Å²) in [5.41, 5.74) is 3.84. The smallest absolute Gasteiger partial charge is 0.0718 e. The van der Waals surface area contributed by atoms with Crippen LogP contribution in [0.2, 0.25) is 0 Å². The lowest BCUT2D eigenvalue weighted by Crippen LogP contribution is -2.38. The second-order valence-electron chi connectivity index (χ2n) is 6.97. The van der Waals surface area contributed by atoms with E-state index in [1.807, 2.05) is 0 Å². The predicted octanol–water partition coefficient (Wildman–Crippen LogP) is 3.53. The molecule has 0 saturated carbocycles. The molecule has 0 amide bonds. The third kappa shape index (κ3) is 3.08. The highest BCUT2D eigenvalue weighted by atomic mass is 15.4. The fourth-order valence-corrected chi connectivity index (χ4v) is 2.82. The molecule has 1 heterocycles. The van der Waals surface area contributed by atoms with E-state index in [1.165, 1.54) is 16.9 Å². The molecule has 0 aliphatic carbocycles. The molecule has 0 radical (unpaired) electrons. The standard InChI is InChI=1S/C18H29N3/c1-14(2)21-13-20(18(4,5)15(21)3)12-16-8-10-17(11-9-16)19(6)7/h8-11,14H,3,12-13H2,1-2,4-7H3. The van der Waals surface area contributed by atoms with Crippen molar-refractivity contribution in [3.05, 3.63) is 42.1 Å². The highest BCUT2D eigenvalue weighted by Crippen LogP contribution is 2.35. The van der Waals surface area contributed by atoms with E-state index < -0.39 is 0 Å². The van der Waals surface area contributed by atoms with Crippen molar-refractivity contribution in [1.29, 1.82) is 0 Å². The summed E-state index contributed by atoms with van der Waals surface area (Å²) in [5, 5.41) is 0. The van der Waals surface area contributed by atoms with Crippen LogP contribution in [0.4, 0.5) is 5.69 Å². The topological polar surface area (TPSA) is 9.72 Å². The van der Waals surface area contributed by atoms with E-state index in [0.29, 0.717) is 6.04 Å². The normalized spacial score (nSPS) is 18.6. The largest absolute Gasteiger partial charge is 0.378 e. The molecule has 0 aromatic heterocycles. The van der Waals surface area contributed by atoms with E-state index in [2.05, 4.69) is 87.3 Å². The second kappa shape index (κ2) is 5.72. The summed E-state index contributed by atoms with van der Waals surface area (Å²) in [4.78, 5) is 7.03. The average Bonchev–Trinajstić information content (AvgIpc) is 2.63. The van der Waals surface area contributed by atoms with E-state index in [1.54, 1.807) is 0 Å². The van der Waals surface area contributed by atoms with Gasteiger partial charge in [-0.15, -0.1) is 0 Å². The Bertz CT molecular complexity index is 500. The molecule has 3 nitrogen and oxygen atoms in total. The SMILES string of the molecule is C=C1N(C(C)C)CN(Cc2ccc(N(C)C)cc2)C1(C)C. The zero-order valence-corrected chi connectivity index (χ0v) is 14.3.